The van der Waals surface area contributed by atoms with E-state index in [4.69, 9.17) is 4.74 Å². The van der Waals surface area contributed by atoms with Gasteiger partial charge < -0.3 is 25.5 Å². The van der Waals surface area contributed by atoms with E-state index in [-0.39, 0.29) is 18.4 Å². The average molecular weight is 672 g/mol. The van der Waals surface area contributed by atoms with Crippen molar-refractivity contribution in [1.82, 2.24) is 14.8 Å². The molecule has 2 aliphatic rings. The molecule has 0 spiro atoms. The molecule has 4 aromatic carbocycles. The Balaban J connectivity index is 1.11. The van der Waals surface area contributed by atoms with Gasteiger partial charge in [0.1, 0.15) is 18.7 Å². The number of amides is 4. The van der Waals surface area contributed by atoms with Crippen LogP contribution in [0.1, 0.15) is 31.2 Å². The van der Waals surface area contributed by atoms with Gasteiger partial charge in [0.15, 0.2) is 0 Å². The van der Waals surface area contributed by atoms with Crippen LogP contribution in [-0.4, -0.2) is 69.1 Å². The topological polar surface area (TPSA) is 144 Å². The fraction of sp³-hybridized carbons (Fsp3) is 0.231. The van der Waals surface area contributed by atoms with Gasteiger partial charge in [-0.1, -0.05) is 72.8 Å². The van der Waals surface area contributed by atoms with Crippen LogP contribution in [0, 0.1) is 0 Å². The van der Waals surface area contributed by atoms with E-state index in [2.05, 4.69) is 15.6 Å². The van der Waals surface area contributed by atoms with E-state index in [1.165, 1.54) is 9.80 Å². The maximum absolute atomic E-state index is 13.5. The number of anilines is 2. The van der Waals surface area contributed by atoms with Crippen molar-refractivity contribution in [1.29, 1.82) is 0 Å². The van der Waals surface area contributed by atoms with E-state index in [0.717, 1.165) is 38.9 Å². The zero-order valence-corrected chi connectivity index (χ0v) is 27.3. The lowest BCUT2D eigenvalue weighted by Gasteiger charge is -2.23. The van der Waals surface area contributed by atoms with Gasteiger partial charge in [0, 0.05) is 40.9 Å². The number of carboxylic acid groups (broad SMARTS) is 1. The van der Waals surface area contributed by atoms with Crippen molar-refractivity contribution in [3.05, 3.63) is 109 Å². The first-order valence-electron chi connectivity index (χ1n) is 16.8. The molecular weight excluding hydrogens is 634 g/mol. The molecular formula is C39H37N5O6. The zero-order valence-electron chi connectivity index (χ0n) is 27.3. The Bertz CT molecular complexity index is 2030. The van der Waals surface area contributed by atoms with Crippen LogP contribution < -0.4 is 10.6 Å². The molecule has 50 heavy (non-hydrogen) atoms. The lowest BCUT2D eigenvalue weighted by Crippen LogP contribution is -2.43. The largest absolute Gasteiger partial charge is 0.465 e. The molecule has 254 valence electrons. The minimum atomic E-state index is -1.09. The molecule has 0 saturated carbocycles. The molecule has 11 heteroatoms. The minimum Gasteiger partial charge on any atom is -0.465 e. The number of fused-ring (bicyclic) bond motifs is 1. The second-order valence-electron chi connectivity index (χ2n) is 12.6. The summed E-state index contributed by atoms with van der Waals surface area (Å²) < 4.78 is 5.53. The lowest BCUT2D eigenvalue weighted by molar-refractivity contribution is -0.120. The lowest BCUT2D eigenvalue weighted by atomic mass is 9.98. The highest BCUT2D eigenvalue weighted by molar-refractivity contribution is 6.07. The third kappa shape index (κ3) is 6.75. The van der Waals surface area contributed by atoms with Gasteiger partial charge in [0.2, 0.25) is 11.8 Å². The first kappa shape index (κ1) is 32.4. The molecule has 4 amide bonds. The summed E-state index contributed by atoms with van der Waals surface area (Å²) in [5.41, 5.74) is 6.60. The molecule has 0 radical (unpaired) electrons. The van der Waals surface area contributed by atoms with Crippen LogP contribution in [0.4, 0.5) is 21.0 Å². The first-order chi connectivity index (χ1) is 24.4. The molecule has 2 fully saturated rings. The van der Waals surface area contributed by atoms with Crippen molar-refractivity contribution in [2.24, 2.45) is 0 Å². The third-order valence-electron chi connectivity index (χ3n) is 9.37. The van der Waals surface area contributed by atoms with Gasteiger partial charge in [-0.3, -0.25) is 19.4 Å². The molecule has 2 saturated heterocycles. The predicted octanol–water partition coefficient (Wildman–Crippen LogP) is 7.32. The van der Waals surface area contributed by atoms with Gasteiger partial charge >= 0.3 is 12.2 Å². The van der Waals surface area contributed by atoms with Crippen molar-refractivity contribution in [3.63, 3.8) is 0 Å². The Morgan fingerprint density at radius 2 is 1.32 bits per heavy atom. The number of nitrogens with zero attached hydrogens (tertiary/aromatic N) is 2. The standard InChI is InChI=1S/C39H37N5O6/c45-36(32-13-7-21-43(32)38(47)48)40-28-17-15-27(16-18-28)35-34(26-11-5-2-6-12-26)30-23-29(19-20-31(30)42-35)41-37(46)33-14-8-22-44(33)39(49)50-24-25-9-3-1-4-10-25/h1-6,9-12,15-20,23,32-33,42H,7-8,13-14,21-22,24H2,(H,40,45)(H,41,46)(H,47,48)/t32-,33-/m0/s1. The van der Waals surface area contributed by atoms with Crippen LogP contribution in [0.25, 0.3) is 33.3 Å². The normalized spacial score (nSPS) is 17.1. The number of ether oxygens (including phenoxy) is 1. The Morgan fingerprint density at radius 1 is 0.720 bits per heavy atom. The number of benzene rings is 4. The predicted molar refractivity (Wildman–Crippen MR) is 191 cm³/mol. The fourth-order valence-electron chi connectivity index (χ4n) is 6.89. The van der Waals surface area contributed by atoms with Crippen LogP contribution in [-0.2, 0) is 20.9 Å². The highest BCUT2D eigenvalue weighted by Crippen LogP contribution is 2.40. The van der Waals surface area contributed by atoms with Crippen molar-refractivity contribution in [3.8, 4) is 22.4 Å². The number of H-pyrrole nitrogens is 1. The van der Waals surface area contributed by atoms with E-state index in [1.54, 1.807) is 12.1 Å². The molecule has 3 heterocycles. The van der Waals surface area contributed by atoms with Crippen LogP contribution in [0.2, 0.25) is 0 Å². The Labute approximate surface area is 288 Å². The highest BCUT2D eigenvalue weighted by Gasteiger charge is 2.36. The van der Waals surface area contributed by atoms with Gasteiger partial charge in [-0.15, -0.1) is 0 Å². The first-order valence-corrected chi connectivity index (χ1v) is 16.8. The molecule has 0 bridgehead atoms. The number of hydrogen-bond donors (Lipinski definition) is 4. The highest BCUT2D eigenvalue weighted by atomic mass is 16.6. The molecule has 2 atom stereocenters. The molecule has 1 aromatic heterocycles. The van der Waals surface area contributed by atoms with E-state index in [9.17, 15) is 24.3 Å². The monoisotopic (exact) mass is 671 g/mol. The second kappa shape index (κ2) is 14.2. The van der Waals surface area contributed by atoms with Crippen molar-refractivity contribution < 1.29 is 29.0 Å². The molecule has 4 N–H and O–H groups in total. The number of aromatic amines is 1. The van der Waals surface area contributed by atoms with Crippen LogP contribution in [0.5, 0.6) is 0 Å². The molecule has 0 unspecified atom stereocenters. The van der Waals surface area contributed by atoms with Gasteiger partial charge in [0.05, 0.1) is 5.69 Å². The summed E-state index contributed by atoms with van der Waals surface area (Å²) in [6, 6.07) is 31.2. The van der Waals surface area contributed by atoms with Crippen LogP contribution >= 0.6 is 0 Å². The maximum Gasteiger partial charge on any atom is 0.410 e. The quantitative estimate of drug-likeness (QED) is 0.136. The Hall–Kier alpha value is -6.10. The summed E-state index contributed by atoms with van der Waals surface area (Å²) in [7, 11) is 0. The van der Waals surface area contributed by atoms with E-state index in [0.29, 0.717) is 50.1 Å². The summed E-state index contributed by atoms with van der Waals surface area (Å²) >= 11 is 0. The zero-order chi connectivity index (χ0) is 34.6. The molecule has 2 aliphatic heterocycles. The number of likely N-dealkylation sites (tertiary alicyclic amines) is 2. The van der Waals surface area contributed by atoms with E-state index in [1.807, 2.05) is 91.0 Å². The van der Waals surface area contributed by atoms with Crippen molar-refractivity contribution >= 4 is 46.3 Å². The molecule has 7 rings (SSSR count). The number of hydrogen-bond acceptors (Lipinski definition) is 5. The third-order valence-corrected chi connectivity index (χ3v) is 9.37. The van der Waals surface area contributed by atoms with E-state index >= 15 is 0 Å². The van der Waals surface area contributed by atoms with Crippen molar-refractivity contribution in [2.45, 2.75) is 44.4 Å². The number of aromatic nitrogens is 1. The van der Waals surface area contributed by atoms with Gasteiger partial charge in [-0.2, -0.15) is 0 Å². The fourth-order valence-corrected chi connectivity index (χ4v) is 6.89. The summed E-state index contributed by atoms with van der Waals surface area (Å²) in [6.45, 7) is 0.944. The van der Waals surface area contributed by atoms with Crippen LogP contribution in [0.3, 0.4) is 0 Å². The minimum absolute atomic E-state index is 0.141. The summed E-state index contributed by atoms with van der Waals surface area (Å²) in [5.74, 6) is -0.607. The number of nitrogens with one attached hydrogen (secondary N) is 3. The van der Waals surface area contributed by atoms with Gasteiger partial charge in [-0.05, 0) is 72.7 Å². The second-order valence-corrected chi connectivity index (χ2v) is 12.6. The van der Waals surface area contributed by atoms with Gasteiger partial charge in [0.25, 0.3) is 0 Å². The van der Waals surface area contributed by atoms with E-state index < -0.39 is 24.3 Å². The molecule has 5 aromatic rings. The average Bonchev–Trinajstić information content (AvgIpc) is 3.91. The number of rotatable bonds is 8. The number of carbonyl (C=O) groups is 4. The number of carbonyl (C=O) groups excluding carboxylic acids is 3. The summed E-state index contributed by atoms with van der Waals surface area (Å²) in [5, 5.41) is 16.2. The maximum atomic E-state index is 13.5. The summed E-state index contributed by atoms with van der Waals surface area (Å²) in [4.78, 5) is 57.1. The van der Waals surface area contributed by atoms with Crippen LogP contribution in [0.15, 0.2) is 103 Å². The SMILES string of the molecule is O=C(Nc1ccc(-c2[nH]c3ccc(NC(=O)[C@@H]4CCCN4C(=O)OCc4ccccc4)cc3c2-c2ccccc2)cc1)[C@@H]1CCCN1C(=O)O. The summed E-state index contributed by atoms with van der Waals surface area (Å²) in [6.07, 6.45) is 0.810. The Kier molecular flexibility index (Phi) is 9.20. The smallest absolute Gasteiger partial charge is 0.410 e. The van der Waals surface area contributed by atoms with Gasteiger partial charge in [-0.25, -0.2) is 9.59 Å². The molecule has 0 aliphatic carbocycles. The molecule has 11 nitrogen and oxygen atoms in total. The van der Waals surface area contributed by atoms with Crippen molar-refractivity contribution in [2.75, 3.05) is 23.7 Å². The Morgan fingerprint density at radius 3 is 2.00 bits per heavy atom.